The van der Waals surface area contributed by atoms with E-state index in [0.717, 1.165) is 23.1 Å². The quantitative estimate of drug-likeness (QED) is 0.351. The summed E-state index contributed by atoms with van der Waals surface area (Å²) in [6.07, 6.45) is 0. The molecule has 2 aromatic carbocycles. The highest BCUT2D eigenvalue weighted by molar-refractivity contribution is 7.99. The number of halogens is 1. The van der Waals surface area contributed by atoms with E-state index in [1.807, 2.05) is 30.3 Å². The Bertz CT molecular complexity index is 592. The van der Waals surface area contributed by atoms with E-state index < -0.39 is 10.7 Å². The molecule has 0 spiro atoms. The predicted octanol–water partition coefficient (Wildman–Crippen LogP) is 3.91. The van der Waals surface area contributed by atoms with Crippen LogP contribution in [0, 0.1) is 15.9 Å². The summed E-state index contributed by atoms with van der Waals surface area (Å²) < 4.78 is 18.4. The first kappa shape index (κ1) is 14.3. The molecule has 0 saturated heterocycles. The number of hydrogen-bond donors (Lipinski definition) is 0. The van der Waals surface area contributed by atoms with Crippen LogP contribution in [-0.4, -0.2) is 17.3 Å². The molecule has 0 unspecified atom stereocenters. The molecule has 4 nitrogen and oxygen atoms in total. The van der Waals surface area contributed by atoms with Crippen molar-refractivity contribution in [3.05, 3.63) is 64.5 Å². The van der Waals surface area contributed by atoms with Gasteiger partial charge in [0.05, 0.1) is 11.5 Å². The van der Waals surface area contributed by atoms with Crippen LogP contribution < -0.4 is 4.74 Å². The molecule has 0 saturated carbocycles. The van der Waals surface area contributed by atoms with Crippen molar-refractivity contribution < 1.29 is 14.1 Å². The smallest absolute Gasteiger partial charge is 0.311 e. The first-order valence-corrected chi connectivity index (χ1v) is 6.90. The second-order valence-electron chi connectivity index (χ2n) is 3.88. The molecule has 0 amide bonds. The number of ether oxygens (including phenoxy) is 1. The van der Waals surface area contributed by atoms with Gasteiger partial charge in [-0.3, -0.25) is 10.1 Å². The fourth-order valence-electron chi connectivity index (χ4n) is 1.58. The third kappa shape index (κ3) is 3.96. The van der Waals surface area contributed by atoms with Gasteiger partial charge in [0.15, 0.2) is 5.75 Å². The Hall–Kier alpha value is -2.08. The first-order chi connectivity index (χ1) is 9.66. The van der Waals surface area contributed by atoms with Crippen LogP contribution in [0.25, 0.3) is 0 Å². The minimum absolute atomic E-state index is 0.0383. The van der Waals surface area contributed by atoms with Crippen molar-refractivity contribution in [1.29, 1.82) is 0 Å². The van der Waals surface area contributed by atoms with Crippen molar-refractivity contribution in [3.63, 3.8) is 0 Å². The van der Waals surface area contributed by atoms with Crippen LogP contribution in [0.3, 0.4) is 0 Å². The molecule has 0 radical (unpaired) electrons. The molecule has 0 N–H and O–H groups in total. The highest BCUT2D eigenvalue weighted by atomic mass is 32.2. The number of nitro groups is 1. The van der Waals surface area contributed by atoms with Crippen molar-refractivity contribution in [2.45, 2.75) is 4.90 Å². The summed E-state index contributed by atoms with van der Waals surface area (Å²) in [4.78, 5) is 11.3. The van der Waals surface area contributed by atoms with Gasteiger partial charge in [-0.05, 0) is 18.2 Å². The lowest BCUT2D eigenvalue weighted by Gasteiger charge is -2.06. The molecule has 2 rings (SSSR count). The fourth-order valence-corrected chi connectivity index (χ4v) is 2.33. The average Bonchev–Trinajstić information content (AvgIpc) is 2.44. The largest absolute Gasteiger partial charge is 0.486 e. The lowest BCUT2D eigenvalue weighted by atomic mass is 10.3. The summed E-state index contributed by atoms with van der Waals surface area (Å²) in [7, 11) is 0. The lowest BCUT2D eigenvalue weighted by molar-refractivity contribution is -0.385. The molecule has 0 aromatic heterocycles. The van der Waals surface area contributed by atoms with Crippen molar-refractivity contribution >= 4 is 17.4 Å². The standard InChI is InChI=1S/C14H12FNO3S/c15-11-6-7-13(16(17)18)14(10-11)19-8-9-20-12-4-2-1-3-5-12/h1-7,10H,8-9H2. The summed E-state index contributed by atoms with van der Waals surface area (Å²) in [5, 5.41) is 10.8. The van der Waals surface area contributed by atoms with Crippen molar-refractivity contribution in [3.8, 4) is 5.75 Å². The van der Waals surface area contributed by atoms with Gasteiger partial charge >= 0.3 is 5.69 Å². The Morgan fingerprint density at radius 2 is 1.95 bits per heavy atom. The topological polar surface area (TPSA) is 52.4 Å². The van der Waals surface area contributed by atoms with E-state index in [2.05, 4.69) is 0 Å². The second kappa shape index (κ2) is 6.91. The minimum atomic E-state index is -0.584. The SMILES string of the molecule is O=[N+]([O-])c1ccc(F)cc1OCCSc1ccccc1. The Morgan fingerprint density at radius 3 is 2.65 bits per heavy atom. The summed E-state index contributed by atoms with van der Waals surface area (Å²) in [5.41, 5.74) is -0.226. The zero-order valence-corrected chi connectivity index (χ0v) is 11.3. The molecule has 0 aliphatic carbocycles. The molecule has 0 atom stereocenters. The van der Waals surface area contributed by atoms with Crippen molar-refractivity contribution in [2.75, 3.05) is 12.4 Å². The van der Waals surface area contributed by atoms with Crippen LogP contribution in [0.4, 0.5) is 10.1 Å². The maximum absolute atomic E-state index is 13.1. The fraction of sp³-hybridized carbons (Fsp3) is 0.143. The average molecular weight is 293 g/mol. The first-order valence-electron chi connectivity index (χ1n) is 5.91. The van der Waals surface area contributed by atoms with E-state index in [0.29, 0.717) is 5.75 Å². The summed E-state index contributed by atoms with van der Waals surface area (Å²) in [6, 6.07) is 12.9. The Morgan fingerprint density at radius 1 is 1.20 bits per heavy atom. The van der Waals surface area contributed by atoms with Gasteiger partial charge in [-0.2, -0.15) is 0 Å². The van der Waals surface area contributed by atoms with Crippen LogP contribution in [0.5, 0.6) is 5.75 Å². The molecule has 20 heavy (non-hydrogen) atoms. The molecule has 104 valence electrons. The Kier molecular flexibility index (Phi) is 4.95. The molecule has 0 aliphatic rings. The van der Waals surface area contributed by atoms with E-state index >= 15 is 0 Å². The van der Waals surface area contributed by atoms with E-state index in [1.165, 1.54) is 0 Å². The van der Waals surface area contributed by atoms with Gasteiger partial charge in [0.1, 0.15) is 5.82 Å². The zero-order valence-electron chi connectivity index (χ0n) is 10.5. The maximum Gasteiger partial charge on any atom is 0.311 e. The van der Waals surface area contributed by atoms with Gasteiger partial charge in [0, 0.05) is 22.8 Å². The third-order valence-corrected chi connectivity index (χ3v) is 3.45. The molecule has 6 heteroatoms. The monoisotopic (exact) mass is 293 g/mol. The number of thioether (sulfide) groups is 1. The Labute approximate surface area is 119 Å². The van der Waals surface area contributed by atoms with E-state index in [1.54, 1.807) is 11.8 Å². The molecule has 0 fully saturated rings. The number of hydrogen-bond acceptors (Lipinski definition) is 4. The lowest BCUT2D eigenvalue weighted by Crippen LogP contribution is -2.03. The highest BCUT2D eigenvalue weighted by Crippen LogP contribution is 2.27. The molecular weight excluding hydrogens is 281 g/mol. The van der Waals surface area contributed by atoms with Crippen LogP contribution in [0.15, 0.2) is 53.4 Å². The van der Waals surface area contributed by atoms with Crippen LogP contribution in [-0.2, 0) is 0 Å². The maximum atomic E-state index is 13.1. The van der Waals surface area contributed by atoms with Crippen LogP contribution in [0.2, 0.25) is 0 Å². The number of nitro benzene ring substituents is 1. The number of rotatable bonds is 6. The van der Waals surface area contributed by atoms with Gasteiger partial charge in [0.25, 0.3) is 0 Å². The molecule has 2 aromatic rings. The van der Waals surface area contributed by atoms with Crippen LogP contribution in [0.1, 0.15) is 0 Å². The summed E-state index contributed by atoms with van der Waals surface area (Å²) in [6.45, 7) is 0.268. The summed E-state index contributed by atoms with van der Waals surface area (Å²) in [5.74, 6) is 0.0301. The van der Waals surface area contributed by atoms with Gasteiger partial charge in [-0.15, -0.1) is 11.8 Å². The molecule has 0 heterocycles. The van der Waals surface area contributed by atoms with Crippen LogP contribution >= 0.6 is 11.8 Å². The molecular formula is C14H12FNO3S. The molecule has 0 aliphatic heterocycles. The normalized spacial score (nSPS) is 10.2. The van der Waals surface area contributed by atoms with Crippen molar-refractivity contribution in [2.24, 2.45) is 0 Å². The summed E-state index contributed by atoms with van der Waals surface area (Å²) >= 11 is 1.57. The van der Waals surface area contributed by atoms with Gasteiger partial charge in [-0.25, -0.2) is 4.39 Å². The van der Waals surface area contributed by atoms with Gasteiger partial charge in [-0.1, -0.05) is 18.2 Å². The van der Waals surface area contributed by atoms with E-state index in [-0.39, 0.29) is 18.0 Å². The highest BCUT2D eigenvalue weighted by Gasteiger charge is 2.15. The number of benzene rings is 2. The van der Waals surface area contributed by atoms with Gasteiger partial charge in [0.2, 0.25) is 0 Å². The second-order valence-corrected chi connectivity index (χ2v) is 5.05. The third-order valence-electron chi connectivity index (χ3n) is 2.47. The molecule has 0 bridgehead atoms. The predicted molar refractivity (Wildman–Crippen MR) is 75.7 cm³/mol. The van der Waals surface area contributed by atoms with Gasteiger partial charge < -0.3 is 4.74 Å². The minimum Gasteiger partial charge on any atom is -0.486 e. The van der Waals surface area contributed by atoms with E-state index in [4.69, 9.17) is 4.74 Å². The van der Waals surface area contributed by atoms with E-state index in [9.17, 15) is 14.5 Å². The Balaban J connectivity index is 1.91. The zero-order chi connectivity index (χ0) is 14.4. The number of nitrogens with zero attached hydrogens (tertiary/aromatic N) is 1. The van der Waals surface area contributed by atoms with Crippen molar-refractivity contribution in [1.82, 2.24) is 0 Å².